The molecule has 7 heteroatoms. The zero-order valence-electron chi connectivity index (χ0n) is 21.1. The second kappa shape index (κ2) is 12.1. The summed E-state index contributed by atoms with van der Waals surface area (Å²) in [5, 5.41) is 19.7. The molecule has 4 rings (SSSR count). The van der Waals surface area contributed by atoms with Crippen molar-refractivity contribution in [2.45, 2.75) is 31.2 Å². The molecular formula is C30H34N2O5. The van der Waals surface area contributed by atoms with Crippen LogP contribution in [0.3, 0.4) is 0 Å². The number of para-hydroxylation sites is 2. The maximum atomic E-state index is 12.3. The summed E-state index contributed by atoms with van der Waals surface area (Å²) in [6, 6.07) is 24.6. The molecule has 0 atom stereocenters. The highest BCUT2D eigenvalue weighted by Gasteiger charge is 2.25. The minimum Gasteiger partial charge on any atom is -0.495 e. The van der Waals surface area contributed by atoms with Crippen molar-refractivity contribution in [3.8, 4) is 11.4 Å². The summed E-state index contributed by atoms with van der Waals surface area (Å²) in [5.74, 6) is 0.371. The van der Waals surface area contributed by atoms with E-state index in [1.807, 2.05) is 36.4 Å². The summed E-state index contributed by atoms with van der Waals surface area (Å²) >= 11 is 0. The van der Waals surface area contributed by atoms with E-state index in [1.165, 1.54) is 11.1 Å². The summed E-state index contributed by atoms with van der Waals surface area (Å²) < 4.78 is 13.0. The van der Waals surface area contributed by atoms with E-state index in [4.69, 9.17) is 15.2 Å². The Morgan fingerprint density at radius 1 is 0.919 bits per heavy atom. The standard InChI is InChI=1S/C30H34N2O5/c1-36-28-10-6-5-9-27(28)32-18-24(14-11-22-7-3-2-4-8-22)25-17-23(12-15-26(25)32)13-16-29(35)37-21-30(31,19-33)20-34/h2-10,12,15,17-18,33-34H,11,13-14,16,19-21,31H2,1H3. The number of benzene rings is 3. The Hall–Kier alpha value is -3.65. The molecule has 0 bridgehead atoms. The van der Waals surface area contributed by atoms with Gasteiger partial charge in [-0.2, -0.15) is 0 Å². The summed E-state index contributed by atoms with van der Waals surface area (Å²) in [4.78, 5) is 12.3. The molecule has 0 aliphatic heterocycles. The highest BCUT2D eigenvalue weighted by molar-refractivity contribution is 5.87. The van der Waals surface area contributed by atoms with E-state index in [2.05, 4.69) is 47.2 Å². The highest BCUT2D eigenvalue weighted by atomic mass is 16.5. The molecule has 0 spiro atoms. The fourth-order valence-electron chi connectivity index (χ4n) is 4.34. The second-order valence-corrected chi connectivity index (χ2v) is 9.37. The third-order valence-electron chi connectivity index (χ3n) is 6.59. The Morgan fingerprint density at radius 2 is 1.65 bits per heavy atom. The van der Waals surface area contributed by atoms with Crippen molar-refractivity contribution in [1.82, 2.24) is 4.57 Å². The Bertz CT molecular complexity index is 1330. The van der Waals surface area contributed by atoms with Crippen molar-refractivity contribution in [3.05, 3.63) is 95.7 Å². The van der Waals surface area contributed by atoms with Crippen LogP contribution in [0.2, 0.25) is 0 Å². The molecule has 1 aromatic heterocycles. The number of aryl methyl sites for hydroxylation is 3. The topological polar surface area (TPSA) is 107 Å². The molecule has 4 aromatic rings. The number of ether oxygens (including phenoxy) is 2. The fraction of sp³-hybridized carbons (Fsp3) is 0.300. The molecule has 0 fully saturated rings. The van der Waals surface area contributed by atoms with Gasteiger partial charge in [0, 0.05) is 18.0 Å². The number of hydrogen-bond donors (Lipinski definition) is 3. The highest BCUT2D eigenvalue weighted by Crippen LogP contribution is 2.31. The van der Waals surface area contributed by atoms with Crippen LogP contribution in [0.4, 0.5) is 0 Å². The van der Waals surface area contributed by atoms with Gasteiger partial charge >= 0.3 is 5.97 Å². The van der Waals surface area contributed by atoms with Gasteiger partial charge in [0.25, 0.3) is 0 Å². The number of rotatable bonds is 12. The lowest BCUT2D eigenvalue weighted by molar-refractivity contribution is -0.146. The van der Waals surface area contributed by atoms with Gasteiger partial charge in [0.2, 0.25) is 0 Å². The first-order valence-corrected chi connectivity index (χ1v) is 12.4. The number of carbonyl (C=O) groups excluding carboxylic acids is 1. The molecule has 0 radical (unpaired) electrons. The Morgan fingerprint density at radius 3 is 2.38 bits per heavy atom. The maximum absolute atomic E-state index is 12.3. The van der Waals surface area contributed by atoms with Gasteiger partial charge in [-0.1, -0.05) is 48.5 Å². The number of carbonyl (C=O) groups is 1. The normalized spacial score (nSPS) is 11.6. The van der Waals surface area contributed by atoms with Crippen LogP contribution in [-0.2, 0) is 28.8 Å². The number of methoxy groups -OCH3 is 1. The summed E-state index contributed by atoms with van der Waals surface area (Å²) in [7, 11) is 1.67. The van der Waals surface area contributed by atoms with Gasteiger partial charge in [-0.15, -0.1) is 0 Å². The van der Waals surface area contributed by atoms with E-state index >= 15 is 0 Å². The van der Waals surface area contributed by atoms with Crippen LogP contribution in [0, 0.1) is 0 Å². The predicted molar refractivity (Wildman–Crippen MR) is 144 cm³/mol. The van der Waals surface area contributed by atoms with Crippen LogP contribution in [0.1, 0.15) is 23.1 Å². The molecular weight excluding hydrogens is 468 g/mol. The number of nitrogens with two attached hydrogens (primary N) is 1. The third kappa shape index (κ3) is 6.38. The van der Waals surface area contributed by atoms with Crippen LogP contribution in [-0.4, -0.2) is 53.2 Å². The molecule has 0 aliphatic rings. The van der Waals surface area contributed by atoms with Crippen molar-refractivity contribution in [3.63, 3.8) is 0 Å². The van der Waals surface area contributed by atoms with E-state index in [0.29, 0.717) is 6.42 Å². The Labute approximate surface area is 217 Å². The zero-order valence-corrected chi connectivity index (χ0v) is 21.1. The summed E-state index contributed by atoms with van der Waals surface area (Å²) in [6.45, 7) is -1.17. The van der Waals surface area contributed by atoms with Gasteiger partial charge in [-0.05, 0) is 60.2 Å². The lowest BCUT2D eigenvalue weighted by atomic mass is 10.0. The maximum Gasteiger partial charge on any atom is 0.306 e. The molecule has 7 nitrogen and oxygen atoms in total. The number of fused-ring (bicyclic) bond motifs is 1. The van der Waals surface area contributed by atoms with Gasteiger partial charge in [-0.3, -0.25) is 4.79 Å². The number of aliphatic hydroxyl groups excluding tert-OH is 2. The third-order valence-corrected chi connectivity index (χ3v) is 6.59. The van der Waals surface area contributed by atoms with Gasteiger partial charge < -0.3 is 30.0 Å². The van der Waals surface area contributed by atoms with Gasteiger partial charge in [0.1, 0.15) is 12.4 Å². The quantitative estimate of drug-likeness (QED) is 0.256. The van der Waals surface area contributed by atoms with Crippen LogP contribution < -0.4 is 10.5 Å². The zero-order chi connectivity index (χ0) is 26.3. The smallest absolute Gasteiger partial charge is 0.306 e. The lowest BCUT2D eigenvalue weighted by Crippen LogP contribution is -2.51. The average molecular weight is 503 g/mol. The van der Waals surface area contributed by atoms with Gasteiger partial charge in [-0.25, -0.2) is 0 Å². The van der Waals surface area contributed by atoms with E-state index in [1.54, 1.807) is 7.11 Å². The predicted octanol–water partition coefficient (Wildman–Crippen LogP) is 3.58. The number of aromatic nitrogens is 1. The number of nitrogens with zero attached hydrogens (tertiary/aromatic N) is 1. The van der Waals surface area contributed by atoms with Crippen LogP contribution in [0.15, 0.2) is 79.0 Å². The molecule has 37 heavy (non-hydrogen) atoms. The molecule has 0 amide bonds. The second-order valence-electron chi connectivity index (χ2n) is 9.37. The van der Waals surface area contributed by atoms with Crippen molar-refractivity contribution in [1.29, 1.82) is 0 Å². The number of aliphatic hydroxyl groups is 2. The average Bonchev–Trinajstić information content (AvgIpc) is 3.31. The summed E-state index contributed by atoms with van der Waals surface area (Å²) in [6.07, 6.45) is 4.63. The fourth-order valence-corrected chi connectivity index (χ4v) is 4.34. The van der Waals surface area contributed by atoms with E-state index < -0.39 is 24.7 Å². The van der Waals surface area contributed by atoms with Gasteiger partial charge in [0.15, 0.2) is 0 Å². The molecule has 3 aromatic carbocycles. The molecule has 0 saturated carbocycles. The van der Waals surface area contributed by atoms with Crippen molar-refractivity contribution >= 4 is 16.9 Å². The minimum absolute atomic E-state index is 0.172. The van der Waals surface area contributed by atoms with Gasteiger partial charge in [0.05, 0.1) is 37.1 Å². The molecule has 0 aliphatic carbocycles. The SMILES string of the molecule is COc1ccccc1-n1cc(CCc2ccccc2)c2cc(CCC(=O)OCC(N)(CO)CO)ccc21. The van der Waals surface area contributed by atoms with Crippen LogP contribution in [0.5, 0.6) is 5.75 Å². The first kappa shape index (κ1) is 26.4. The largest absolute Gasteiger partial charge is 0.495 e. The molecule has 1 heterocycles. The van der Waals surface area contributed by atoms with E-state index in [-0.39, 0.29) is 13.0 Å². The Kier molecular flexibility index (Phi) is 8.61. The number of esters is 1. The molecule has 0 unspecified atom stereocenters. The molecule has 4 N–H and O–H groups in total. The first-order valence-electron chi connectivity index (χ1n) is 12.4. The van der Waals surface area contributed by atoms with Crippen molar-refractivity contribution in [2.24, 2.45) is 5.73 Å². The minimum atomic E-state index is -1.33. The Balaban J connectivity index is 1.58. The monoisotopic (exact) mass is 502 g/mol. The molecule has 194 valence electrons. The van der Waals surface area contributed by atoms with Crippen LogP contribution >= 0.6 is 0 Å². The van der Waals surface area contributed by atoms with Crippen molar-refractivity contribution < 1.29 is 24.5 Å². The lowest BCUT2D eigenvalue weighted by Gasteiger charge is -2.23. The summed E-state index contributed by atoms with van der Waals surface area (Å²) in [5.41, 5.74) is 10.0. The van der Waals surface area contributed by atoms with Crippen LogP contribution in [0.25, 0.3) is 16.6 Å². The first-order chi connectivity index (χ1) is 18.0. The van der Waals surface area contributed by atoms with E-state index in [9.17, 15) is 15.0 Å². The van der Waals surface area contributed by atoms with E-state index in [0.717, 1.165) is 40.7 Å². The number of hydrogen-bond acceptors (Lipinski definition) is 6. The molecule has 0 saturated heterocycles. The van der Waals surface area contributed by atoms with Crippen molar-refractivity contribution in [2.75, 3.05) is 26.9 Å².